The fraction of sp³-hybridized carbons (Fsp3) is 0.500. The third kappa shape index (κ3) is 2.70. The maximum atomic E-state index is 12.6. The van der Waals surface area contributed by atoms with E-state index in [9.17, 15) is 8.78 Å². The summed E-state index contributed by atoms with van der Waals surface area (Å²) in [5, 5.41) is 3.04. The number of benzene rings is 1. The van der Waals surface area contributed by atoms with Crippen LogP contribution in [0.25, 0.3) is 0 Å². The van der Waals surface area contributed by atoms with Crippen LogP contribution in [0.1, 0.15) is 12.0 Å². The second-order valence-electron chi connectivity index (χ2n) is 4.14. The quantitative estimate of drug-likeness (QED) is 0.834. The maximum absolute atomic E-state index is 12.6. The zero-order valence-corrected chi connectivity index (χ0v) is 9.17. The van der Waals surface area contributed by atoms with E-state index in [1.165, 1.54) is 0 Å². The molecule has 0 bridgehead atoms. The van der Waals surface area contributed by atoms with Gasteiger partial charge in [0.05, 0.1) is 7.11 Å². The normalized spacial score (nSPS) is 21.8. The highest BCUT2D eigenvalue weighted by Gasteiger charge is 2.56. The van der Waals surface area contributed by atoms with Crippen LogP contribution in [0.15, 0.2) is 24.3 Å². The summed E-state index contributed by atoms with van der Waals surface area (Å²) in [6.07, 6.45) is 0.0304. The zero-order chi connectivity index (χ0) is 11.6. The Labute approximate surface area is 93.6 Å². The topological polar surface area (TPSA) is 21.3 Å². The lowest BCUT2D eigenvalue weighted by Gasteiger charge is -2.05. The van der Waals surface area contributed by atoms with Gasteiger partial charge in [0.25, 0.3) is 5.92 Å². The molecule has 0 amide bonds. The molecule has 0 aliphatic heterocycles. The Morgan fingerprint density at radius 1 is 1.38 bits per heavy atom. The molecule has 0 radical (unpaired) electrons. The second-order valence-corrected chi connectivity index (χ2v) is 4.14. The Morgan fingerprint density at radius 2 is 2.00 bits per heavy atom. The summed E-state index contributed by atoms with van der Waals surface area (Å²) in [6, 6.07) is 7.58. The number of rotatable bonds is 5. The number of methoxy groups -OCH3 is 1. The Kier molecular flexibility index (Phi) is 3.10. The molecule has 88 valence electrons. The van der Waals surface area contributed by atoms with E-state index in [-0.39, 0.29) is 6.42 Å². The summed E-state index contributed by atoms with van der Waals surface area (Å²) in [6.45, 7) is 1.01. The van der Waals surface area contributed by atoms with E-state index in [1.54, 1.807) is 7.11 Å². The summed E-state index contributed by atoms with van der Waals surface area (Å²) in [5.41, 5.74) is 1.07. The standard InChI is InChI=1S/C12H15F2NO/c1-16-11-4-2-9(3-5-11)7-15-8-10-6-12(10,13)14/h2-5,10,15H,6-8H2,1H3. The lowest BCUT2D eigenvalue weighted by Crippen LogP contribution is -2.18. The van der Waals surface area contributed by atoms with Crippen molar-refractivity contribution < 1.29 is 13.5 Å². The van der Waals surface area contributed by atoms with Crippen molar-refractivity contribution in [2.75, 3.05) is 13.7 Å². The summed E-state index contributed by atoms with van der Waals surface area (Å²) >= 11 is 0. The van der Waals surface area contributed by atoms with Crippen LogP contribution in [0.5, 0.6) is 5.75 Å². The van der Waals surface area contributed by atoms with Gasteiger partial charge in [-0.3, -0.25) is 0 Å². The van der Waals surface area contributed by atoms with Gasteiger partial charge in [0.2, 0.25) is 0 Å². The summed E-state index contributed by atoms with van der Waals surface area (Å²) < 4.78 is 30.2. The van der Waals surface area contributed by atoms with Crippen LogP contribution in [-0.4, -0.2) is 19.6 Å². The predicted molar refractivity (Wildman–Crippen MR) is 57.8 cm³/mol. The lowest BCUT2D eigenvalue weighted by molar-refractivity contribution is 0.0986. The van der Waals surface area contributed by atoms with Gasteiger partial charge in [-0.15, -0.1) is 0 Å². The van der Waals surface area contributed by atoms with Gasteiger partial charge < -0.3 is 10.1 Å². The molecule has 0 saturated heterocycles. The third-order valence-electron chi connectivity index (χ3n) is 2.83. The molecule has 1 N–H and O–H groups in total. The fourth-order valence-electron chi connectivity index (χ4n) is 1.63. The Bertz CT molecular complexity index is 351. The molecular weight excluding hydrogens is 212 g/mol. The van der Waals surface area contributed by atoms with E-state index in [0.29, 0.717) is 13.1 Å². The monoisotopic (exact) mass is 227 g/mol. The van der Waals surface area contributed by atoms with Crippen LogP contribution < -0.4 is 10.1 Å². The number of ether oxygens (including phenoxy) is 1. The first kappa shape index (κ1) is 11.3. The van der Waals surface area contributed by atoms with Crippen LogP contribution in [0, 0.1) is 5.92 Å². The number of hydrogen-bond acceptors (Lipinski definition) is 2. The average Bonchev–Trinajstić information content (AvgIpc) is 2.87. The van der Waals surface area contributed by atoms with Crippen molar-refractivity contribution in [1.29, 1.82) is 0 Å². The van der Waals surface area contributed by atoms with Crippen molar-refractivity contribution >= 4 is 0 Å². The van der Waals surface area contributed by atoms with E-state index < -0.39 is 11.8 Å². The van der Waals surface area contributed by atoms with Crippen molar-refractivity contribution in [2.45, 2.75) is 18.9 Å². The summed E-state index contributed by atoms with van der Waals surface area (Å²) in [4.78, 5) is 0. The van der Waals surface area contributed by atoms with Crippen LogP contribution in [-0.2, 0) is 6.54 Å². The van der Waals surface area contributed by atoms with Gasteiger partial charge in [0.15, 0.2) is 0 Å². The van der Waals surface area contributed by atoms with E-state index in [0.717, 1.165) is 11.3 Å². The second kappa shape index (κ2) is 4.37. The Hall–Kier alpha value is -1.16. The summed E-state index contributed by atoms with van der Waals surface area (Å²) in [5.74, 6) is -2.09. The average molecular weight is 227 g/mol. The molecule has 1 aliphatic rings. The molecule has 0 heterocycles. The molecule has 2 nitrogen and oxygen atoms in total. The molecule has 0 aromatic heterocycles. The Balaban J connectivity index is 1.73. The molecule has 1 unspecified atom stereocenters. The van der Waals surface area contributed by atoms with Crippen molar-refractivity contribution in [3.63, 3.8) is 0 Å². The van der Waals surface area contributed by atoms with E-state index in [4.69, 9.17) is 4.74 Å². The van der Waals surface area contributed by atoms with Gasteiger partial charge in [0.1, 0.15) is 5.75 Å². The van der Waals surface area contributed by atoms with Gasteiger partial charge in [-0.25, -0.2) is 8.78 Å². The van der Waals surface area contributed by atoms with Crippen molar-refractivity contribution in [1.82, 2.24) is 5.32 Å². The van der Waals surface area contributed by atoms with Crippen molar-refractivity contribution in [3.8, 4) is 5.75 Å². The number of alkyl halides is 2. The first-order valence-electron chi connectivity index (χ1n) is 5.33. The molecule has 1 saturated carbocycles. The van der Waals surface area contributed by atoms with Crippen molar-refractivity contribution in [3.05, 3.63) is 29.8 Å². The molecule has 1 fully saturated rings. The molecular formula is C12H15F2NO. The van der Waals surface area contributed by atoms with Crippen LogP contribution in [0.4, 0.5) is 8.78 Å². The zero-order valence-electron chi connectivity index (χ0n) is 9.17. The predicted octanol–water partition coefficient (Wildman–Crippen LogP) is 2.44. The molecule has 0 spiro atoms. The highest BCUT2D eigenvalue weighted by molar-refractivity contribution is 5.27. The summed E-state index contributed by atoms with van der Waals surface area (Å²) in [7, 11) is 1.61. The first-order chi connectivity index (χ1) is 7.62. The van der Waals surface area contributed by atoms with E-state index >= 15 is 0 Å². The minimum Gasteiger partial charge on any atom is -0.497 e. The smallest absolute Gasteiger partial charge is 0.252 e. The highest BCUT2D eigenvalue weighted by Crippen LogP contribution is 2.47. The van der Waals surface area contributed by atoms with E-state index in [1.807, 2.05) is 24.3 Å². The highest BCUT2D eigenvalue weighted by atomic mass is 19.3. The molecule has 1 atom stereocenters. The molecule has 4 heteroatoms. The minimum absolute atomic E-state index is 0.0304. The van der Waals surface area contributed by atoms with Gasteiger partial charge in [-0.2, -0.15) is 0 Å². The molecule has 1 aromatic rings. The van der Waals surface area contributed by atoms with Crippen LogP contribution in [0.2, 0.25) is 0 Å². The van der Waals surface area contributed by atoms with Gasteiger partial charge in [-0.1, -0.05) is 12.1 Å². The largest absolute Gasteiger partial charge is 0.497 e. The van der Waals surface area contributed by atoms with Gasteiger partial charge >= 0.3 is 0 Å². The Morgan fingerprint density at radius 3 is 2.50 bits per heavy atom. The maximum Gasteiger partial charge on any atom is 0.252 e. The van der Waals surface area contributed by atoms with E-state index in [2.05, 4.69) is 5.32 Å². The van der Waals surface area contributed by atoms with Crippen LogP contribution >= 0.6 is 0 Å². The number of halogens is 2. The molecule has 2 rings (SSSR count). The van der Waals surface area contributed by atoms with Crippen LogP contribution in [0.3, 0.4) is 0 Å². The molecule has 1 aliphatic carbocycles. The van der Waals surface area contributed by atoms with Crippen molar-refractivity contribution in [2.24, 2.45) is 5.92 Å². The van der Waals surface area contributed by atoms with Gasteiger partial charge in [0, 0.05) is 25.4 Å². The molecule has 1 aromatic carbocycles. The lowest BCUT2D eigenvalue weighted by atomic mass is 10.2. The first-order valence-corrected chi connectivity index (χ1v) is 5.33. The number of nitrogens with one attached hydrogen (secondary N) is 1. The molecule has 16 heavy (non-hydrogen) atoms. The SMILES string of the molecule is COc1ccc(CNCC2CC2(F)F)cc1. The number of hydrogen-bond donors (Lipinski definition) is 1. The fourth-order valence-corrected chi connectivity index (χ4v) is 1.63. The third-order valence-corrected chi connectivity index (χ3v) is 2.83. The van der Waals surface area contributed by atoms with Gasteiger partial charge in [-0.05, 0) is 17.7 Å². The minimum atomic E-state index is -2.42.